The standard InChI is InChI=1S/C11H6F3N3O/c12-11(13,14)8-5-16-17(6-8)10-7(4-15)2-1-3-9(10)18/h1-3,5-6,18H. The molecule has 0 bridgehead atoms. The third-order valence-electron chi connectivity index (χ3n) is 2.27. The van der Waals surface area contributed by atoms with Crippen molar-refractivity contribution in [1.29, 1.82) is 5.26 Å². The zero-order chi connectivity index (χ0) is 13.3. The number of aromatic hydroxyl groups is 1. The fourth-order valence-electron chi connectivity index (χ4n) is 1.45. The first-order valence-corrected chi connectivity index (χ1v) is 4.78. The van der Waals surface area contributed by atoms with Crippen molar-refractivity contribution in [3.63, 3.8) is 0 Å². The minimum absolute atomic E-state index is 0.0341. The third kappa shape index (κ3) is 2.00. The van der Waals surface area contributed by atoms with Crippen LogP contribution in [0.1, 0.15) is 11.1 Å². The van der Waals surface area contributed by atoms with Crippen LogP contribution in [0.25, 0.3) is 5.69 Å². The first kappa shape index (κ1) is 12.0. The Balaban J connectivity index is 2.57. The summed E-state index contributed by atoms with van der Waals surface area (Å²) in [4.78, 5) is 0. The number of benzene rings is 1. The van der Waals surface area contributed by atoms with E-state index in [-0.39, 0.29) is 17.0 Å². The SMILES string of the molecule is N#Cc1cccc(O)c1-n1cc(C(F)(F)F)cn1. The highest BCUT2D eigenvalue weighted by molar-refractivity contribution is 5.56. The van der Waals surface area contributed by atoms with Crippen LogP contribution in [0.5, 0.6) is 5.75 Å². The van der Waals surface area contributed by atoms with Crippen molar-refractivity contribution in [3.05, 3.63) is 41.7 Å². The zero-order valence-corrected chi connectivity index (χ0v) is 8.81. The molecule has 0 unspecified atom stereocenters. The molecule has 1 aromatic heterocycles. The van der Waals surface area contributed by atoms with Gasteiger partial charge < -0.3 is 5.11 Å². The molecule has 1 heterocycles. The number of phenolic OH excluding ortho intramolecular Hbond substituents is 1. The number of alkyl halides is 3. The molecule has 0 saturated carbocycles. The van der Waals surface area contributed by atoms with E-state index in [1.807, 2.05) is 0 Å². The van der Waals surface area contributed by atoms with Crippen LogP contribution < -0.4 is 0 Å². The van der Waals surface area contributed by atoms with Gasteiger partial charge in [-0.05, 0) is 12.1 Å². The molecule has 2 aromatic rings. The molecule has 0 fully saturated rings. The van der Waals surface area contributed by atoms with E-state index in [2.05, 4.69) is 5.10 Å². The summed E-state index contributed by atoms with van der Waals surface area (Å²) in [5.74, 6) is -0.314. The first-order valence-electron chi connectivity index (χ1n) is 4.78. The van der Waals surface area contributed by atoms with Crippen LogP contribution in [-0.4, -0.2) is 14.9 Å². The Morgan fingerprint density at radius 2 is 2.06 bits per heavy atom. The summed E-state index contributed by atoms with van der Waals surface area (Å²) in [6.45, 7) is 0. The maximum Gasteiger partial charge on any atom is 0.419 e. The second-order valence-electron chi connectivity index (χ2n) is 3.46. The molecular weight excluding hydrogens is 247 g/mol. The zero-order valence-electron chi connectivity index (χ0n) is 8.81. The minimum Gasteiger partial charge on any atom is -0.506 e. The highest BCUT2D eigenvalue weighted by Gasteiger charge is 2.32. The van der Waals surface area contributed by atoms with Crippen molar-refractivity contribution < 1.29 is 18.3 Å². The van der Waals surface area contributed by atoms with Gasteiger partial charge in [0.2, 0.25) is 0 Å². The Morgan fingerprint density at radius 1 is 1.33 bits per heavy atom. The molecule has 1 aromatic carbocycles. The van der Waals surface area contributed by atoms with E-state index in [4.69, 9.17) is 5.26 Å². The molecule has 0 amide bonds. The Bertz CT molecular complexity index is 625. The van der Waals surface area contributed by atoms with E-state index < -0.39 is 11.7 Å². The van der Waals surface area contributed by atoms with E-state index in [0.717, 1.165) is 10.9 Å². The maximum absolute atomic E-state index is 12.4. The van der Waals surface area contributed by atoms with E-state index in [1.165, 1.54) is 18.2 Å². The summed E-state index contributed by atoms with van der Waals surface area (Å²) in [7, 11) is 0. The lowest BCUT2D eigenvalue weighted by Crippen LogP contribution is -2.03. The molecule has 0 aliphatic rings. The monoisotopic (exact) mass is 253 g/mol. The first-order chi connectivity index (χ1) is 8.43. The summed E-state index contributed by atoms with van der Waals surface area (Å²) in [5.41, 5.74) is -0.989. The Morgan fingerprint density at radius 3 is 2.61 bits per heavy atom. The predicted octanol–water partition coefficient (Wildman–Crippen LogP) is 2.47. The summed E-state index contributed by atoms with van der Waals surface area (Å²) < 4.78 is 38.1. The van der Waals surface area contributed by atoms with Crippen LogP contribution in [0.2, 0.25) is 0 Å². The Labute approximate surface area is 99.5 Å². The Kier molecular flexibility index (Phi) is 2.71. The molecular formula is C11H6F3N3O. The maximum atomic E-state index is 12.4. The van der Waals surface area contributed by atoms with Gasteiger partial charge in [0.1, 0.15) is 17.5 Å². The highest BCUT2D eigenvalue weighted by atomic mass is 19.4. The second-order valence-corrected chi connectivity index (χ2v) is 3.46. The fourth-order valence-corrected chi connectivity index (χ4v) is 1.45. The van der Waals surface area contributed by atoms with Gasteiger partial charge in [-0.2, -0.15) is 23.5 Å². The van der Waals surface area contributed by atoms with E-state index >= 15 is 0 Å². The van der Waals surface area contributed by atoms with Crippen LogP contribution in [0.3, 0.4) is 0 Å². The van der Waals surface area contributed by atoms with Crippen molar-refractivity contribution in [3.8, 4) is 17.5 Å². The lowest BCUT2D eigenvalue weighted by atomic mass is 10.2. The number of halogens is 3. The summed E-state index contributed by atoms with van der Waals surface area (Å²) in [6.07, 6.45) is -3.17. The molecule has 4 nitrogen and oxygen atoms in total. The molecule has 1 N–H and O–H groups in total. The molecule has 0 spiro atoms. The average Bonchev–Trinajstić information content (AvgIpc) is 2.77. The molecule has 0 atom stereocenters. The van der Waals surface area contributed by atoms with Gasteiger partial charge in [-0.3, -0.25) is 0 Å². The van der Waals surface area contributed by atoms with Gasteiger partial charge in [0.15, 0.2) is 0 Å². The van der Waals surface area contributed by atoms with Crippen LogP contribution in [-0.2, 0) is 6.18 Å². The van der Waals surface area contributed by atoms with Gasteiger partial charge in [-0.15, -0.1) is 0 Å². The molecule has 92 valence electrons. The Hall–Kier alpha value is -2.49. The number of hydrogen-bond acceptors (Lipinski definition) is 3. The van der Waals surface area contributed by atoms with Crippen molar-refractivity contribution >= 4 is 0 Å². The van der Waals surface area contributed by atoms with Gasteiger partial charge in [0.25, 0.3) is 0 Å². The summed E-state index contributed by atoms with van der Waals surface area (Å²) >= 11 is 0. The van der Waals surface area contributed by atoms with Crippen LogP contribution in [0, 0.1) is 11.3 Å². The third-order valence-corrected chi connectivity index (χ3v) is 2.27. The van der Waals surface area contributed by atoms with Crippen molar-refractivity contribution in [2.24, 2.45) is 0 Å². The van der Waals surface area contributed by atoms with Gasteiger partial charge >= 0.3 is 6.18 Å². The summed E-state index contributed by atoms with van der Waals surface area (Å²) in [6, 6.07) is 5.85. The lowest BCUT2D eigenvalue weighted by Gasteiger charge is -2.06. The molecule has 7 heteroatoms. The number of nitrogens with zero attached hydrogens (tertiary/aromatic N) is 3. The largest absolute Gasteiger partial charge is 0.506 e. The van der Waals surface area contributed by atoms with Crippen LogP contribution >= 0.6 is 0 Å². The van der Waals surface area contributed by atoms with E-state index in [1.54, 1.807) is 6.07 Å². The van der Waals surface area contributed by atoms with Gasteiger partial charge in [-0.1, -0.05) is 6.07 Å². The number of aromatic nitrogens is 2. The van der Waals surface area contributed by atoms with Gasteiger partial charge in [-0.25, -0.2) is 4.68 Å². The number of rotatable bonds is 1. The van der Waals surface area contributed by atoms with E-state index in [0.29, 0.717) is 6.20 Å². The molecule has 0 radical (unpaired) electrons. The summed E-state index contributed by atoms with van der Waals surface area (Å²) in [5, 5.41) is 21.9. The lowest BCUT2D eigenvalue weighted by molar-refractivity contribution is -0.137. The second kappa shape index (κ2) is 4.07. The predicted molar refractivity (Wildman–Crippen MR) is 54.9 cm³/mol. The fraction of sp³-hybridized carbons (Fsp3) is 0.0909. The topological polar surface area (TPSA) is 61.8 Å². The molecule has 0 aliphatic carbocycles. The molecule has 0 saturated heterocycles. The van der Waals surface area contributed by atoms with Crippen molar-refractivity contribution in [2.45, 2.75) is 6.18 Å². The quantitative estimate of drug-likeness (QED) is 0.849. The molecule has 18 heavy (non-hydrogen) atoms. The van der Waals surface area contributed by atoms with Crippen LogP contribution in [0.15, 0.2) is 30.6 Å². The number of para-hydroxylation sites is 1. The van der Waals surface area contributed by atoms with Crippen LogP contribution in [0.4, 0.5) is 13.2 Å². The number of phenols is 1. The highest BCUT2D eigenvalue weighted by Crippen LogP contribution is 2.31. The number of hydrogen-bond donors (Lipinski definition) is 1. The van der Waals surface area contributed by atoms with E-state index in [9.17, 15) is 18.3 Å². The average molecular weight is 253 g/mol. The smallest absolute Gasteiger partial charge is 0.419 e. The van der Waals surface area contributed by atoms with Gasteiger partial charge in [0.05, 0.1) is 17.3 Å². The van der Waals surface area contributed by atoms with Crippen molar-refractivity contribution in [1.82, 2.24) is 9.78 Å². The molecule has 2 rings (SSSR count). The molecule has 0 aliphatic heterocycles. The minimum atomic E-state index is -4.52. The van der Waals surface area contributed by atoms with Gasteiger partial charge in [0, 0.05) is 6.20 Å². The van der Waals surface area contributed by atoms with Crippen molar-refractivity contribution in [2.75, 3.05) is 0 Å². The number of nitriles is 1. The normalized spacial score (nSPS) is 11.2.